The SMILES string of the molecule is Cl.NCC1(CC(=O)NCc2ccccc2F)CCCCC1. The van der Waals surface area contributed by atoms with E-state index in [4.69, 9.17) is 5.73 Å². The summed E-state index contributed by atoms with van der Waals surface area (Å²) in [6, 6.07) is 6.51. The molecule has 1 aliphatic rings. The van der Waals surface area contributed by atoms with Crippen molar-refractivity contribution in [2.45, 2.75) is 45.1 Å². The summed E-state index contributed by atoms with van der Waals surface area (Å²) in [4.78, 5) is 12.1. The Labute approximate surface area is 131 Å². The number of halogens is 2. The Balaban J connectivity index is 0.00000220. The molecule has 1 fully saturated rings. The minimum absolute atomic E-state index is 0. The van der Waals surface area contributed by atoms with Gasteiger partial charge in [0, 0.05) is 18.5 Å². The van der Waals surface area contributed by atoms with E-state index in [1.54, 1.807) is 18.2 Å². The molecule has 0 atom stereocenters. The fraction of sp³-hybridized carbons (Fsp3) is 0.562. The molecule has 0 saturated heterocycles. The van der Waals surface area contributed by atoms with Crippen molar-refractivity contribution in [2.24, 2.45) is 11.1 Å². The molecule has 1 amide bonds. The van der Waals surface area contributed by atoms with Crippen LogP contribution in [0.4, 0.5) is 4.39 Å². The molecule has 0 spiro atoms. The van der Waals surface area contributed by atoms with Gasteiger partial charge in [-0.05, 0) is 30.9 Å². The van der Waals surface area contributed by atoms with Crippen molar-refractivity contribution in [3.63, 3.8) is 0 Å². The minimum Gasteiger partial charge on any atom is -0.352 e. The minimum atomic E-state index is -0.279. The number of nitrogens with two attached hydrogens (primary N) is 1. The number of hydrogen-bond acceptors (Lipinski definition) is 2. The average molecular weight is 315 g/mol. The lowest BCUT2D eigenvalue weighted by atomic mass is 9.71. The van der Waals surface area contributed by atoms with Crippen molar-refractivity contribution in [1.82, 2.24) is 5.32 Å². The van der Waals surface area contributed by atoms with Gasteiger partial charge in [-0.15, -0.1) is 12.4 Å². The first-order chi connectivity index (χ1) is 9.65. The van der Waals surface area contributed by atoms with Gasteiger partial charge in [-0.25, -0.2) is 4.39 Å². The van der Waals surface area contributed by atoms with Gasteiger partial charge in [-0.3, -0.25) is 4.79 Å². The Morgan fingerprint density at radius 2 is 1.90 bits per heavy atom. The van der Waals surface area contributed by atoms with E-state index in [0.29, 0.717) is 18.5 Å². The van der Waals surface area contributed by atoms with Crippen LogP contribution in [-0.4, -0.2) is 12.5 Å². The molecule has 1 aliphatic carbocycles. The highest BCUT2D eigenvalue weighted by molar-refractivity contribution is 5.85. The van der Waals surface area contributed by atoms with E-state index in [9.17, 15) is 9.18 Å². The zero-order valence-electron chi connectivity index (χ0n) is 12.2. The Hall–Kier alpha value is -1.13. The van der Waals surface area contributed by atoms with Crippen LogP contribution in [-0.2, 0) is 11.3 Å². The number of carbonyl (C=O) groups excluding carboxylic acids is 1. The summed E-state index contributed by atoms with van der Waals surface area (Å²) in [6.45, 7) is 0.798. The van der Waals surface area contributed by atoms with Gasteiger partial charge in [0.05, 0.1) is 0 Å². The first-order valence-corrected chi connectivity index (χ1v) is 7.35. The van der Waals surface area contributed by atoms with Gasteiger partial charge < -0.3 is 11.1 Å². The van der Waals surface area contributed by atoms with Gasteiger partial charge >= 0.3 is 0 Å². The van der Waals surface area contributed by atoms with E-state index in [0.717, 1.165) is 25.7 Å². The zero-order chi connectivity index (χ0) is 14.4. The summed E-state index contributed by atoms with van der Waals surface area (Å²) >= 11 is 0. The lowest BCUT2D eigenvalue weighted by Crippen LogP contribution is -2.38. The van der Waals surface area contributed by atoms with Crippen LogP contribution in [0.25, 0.3) is 0 Å². The maximum atomic E-state index is 13.5. The van der Waals surface area contributed by atoms with E-state index >= 15 is 0 Å². The highest BCUT2D eigenvalue weighted by Crippen LogP contribution is 2.38. The van der Waals surface area contributed by atoms with Crippen molar-refractivity contribution in [1.29, 1.82) is 0 Å². The van der Waals surface area contributed by atoms with Crippen LogP contribution >= 0.6 is 12.4 Å². The molecule has 3 nitrogen and oxygen atoms in total. The Morgan fingerprint density at radius 3 is 2.52 bits per heavy atom. The summed E-state index contributed by atoms with van der Waals surface area (Å²) in [6.07, 6.45) is 6.04. The molecular weight excluding hydrogens is 291 g/mol. The van der Waals surface area contributed by atoms with Crippen LogP contribution in [0.3, 0.4) is 0 Å². The second kappa shape index (κ2) is 8.35. The Bertz CT molecular complexity index is 461. The summed E-state index contributed by atoms with van der Waals surface area (Å²) in [5.74, 6) is -0.306. The molecule has 5 heteroatoms. The standard InChI is InChI=1S/C16H23FN2O.ClH/c17-14-7-3-2-6-13(14)11-19-15(20)10-16(12-18)8-4-1-5-9-16;/h2-3,6-7H,1,4-5,8-12,18H2,(H,19,20);1H. The molecule has 0 aromatic heterocycles. The molecule has 2 rings (SSSR count). The molecule has 21 heavy (non-hydrogen) atoms. The largest absolute Gasteiger partial charge is 0.352 e. The van der Waals surface area contributed by atoms with Crippen LogP contribution < -0.4 is 11.1 Å². The van der Waals surface area contributed by atoms with Crippen molar-refractivity contribution < 1.29 is 9.18 Å². The first-order valence-electron chi connectivity index (χ1n) is 7.35. The maximum absolute atomic E-state index is 13.5. The molecule has 0 radical (unpaired) electrons. The summed E-state index contributed by atoms with van der Waals surface area (Å²) in [7, 11) is 0. The number of carbonyl (C=O) groups is 1. The number of amides is 1. The van der Waals surface area contributed by atoms with Gasteiger partial charge in [-0.1, -0.05) is 37.5 Å². The van der Waals surface area contributed by atoms with Crippen LogP contribution in [0, 0.1) is 11.2 Å². The maximum Gasteiger partial charge on any atom is 0.220 e. The van der Waals surface area contributed by atoms with Crippen molar-refractivity contribution >= 4 is 18.3 Å². The van der Waals surface area contributed by atoms with Crippen molar-refractivity contribution in [2.75, 3.05) is 6.54 Å². The third-order valence-electron chi connectivity index (χ3n) is 4.32. The smallest absolute Gasteiger partial charge is 0.220 e. The monoisotopic (exact) mass is 314 g/mol. The molecule has 0 heterocycles. The topological polar surface area (TPSA) is 55.1 Å². The van der Waals surface area contributed by atoms with E-state index in [-0.39, 0.29) is 36.1 Å². The zero-order valence-corrected chi connectivity index (χ0v) is 13.1. The molecule has 0 bridgehead atoms. The van der Waals surface area contributed by atoms with Crippen molar-refractivity contribution in [3.05, 3.63) is 35.6 Å². The van der Waals surface area contributed by atoms with E-state index in [1.165, 1.54) is 12.5 Å². The number of hydrogen-bond donors (Lipinski definition) is 2. The molecule has 3 N–H and O–H groups in total. The summed E-state index contributed by atoms with van der Waals surface area (Å²) in [5.41, 5.74) is 6.35. The lowest BCUT2D eigenvalue weighted by molar-refractivity contribution is -0.124. The second-order valence-corrected chi connectivity index (χ2v) is 5.81. The number of benzene rings is 1. The normalized spacial score (nSPS) is 16.9. The van der Waals surface area contributed by atoms with Crippen LogP contribution in [0.15, 0.2) is 24.3 Å². The number of nitrogens with one attached hydrogen (secondary N) is 1. The Morgan fingerprint density at radius 1 is 1.24 bits per heavy atom. The Kier molecular flexibility index (Phi) is 7.12. The summed E-state index contributed by atoms with van der Waals surface area (Å²) in [5, 5.41) is 2.81. The average Bonchev–Trinajstić information content (AvgIpc) is 2.47. The van der Waals surface area contributed by atoms with Gasteiger partial charge in [0.1, 0.15) is 5.82 Å². The first kappa shape index (κ1) is 17.9. The molecule has 1 aromatic carbocycles. The van der Waals surface area contributed by atoms with Crippen LogP contribution in [0.2, 0.25) is 0 Å². The molecule has 1 saturated carbocycles. The molecule has 0 aliphatic heterocycles. The molecule has 1 aromatic rings. The summed E-state index contributed by atoms with van der Waals surface area (Å²) < 4.78 is 13.5. The fourth-order valence-corrected chi connectivity index (χ4v) is 2.99. The van der Waals surface area contributed by atoms with E-state index in [1.807, 2.05) is 0 Å². The predicted molar refractivity (Wildman–Crippen MR) is 84.7 cm³/mol. The quantitative estimate of drug-likeness (QED) is 0.877. The number of rotatable bonds is 5. The van der Waals surface area contributed by atoms with Gasteiger partial charge in [0.25, 0.3) is 0 Å². The van der Waals surface area contributed by atoms with Gasteiger partial charge in [-0.2, -0.15) is 0 Å². The van der Waals surface area contributed by atoms with Crippen molar-refractivity contribution in [3.8, 4) is 0 Å². The van der Waals surface area contributed by atoms with E-state index < -0.39 is 0 Å². The van der Waals surface area contributed by atoms with Crippen LogP contribution in [0.1, 0.15) is 44.1 Å². The third kappa shape index (κ3) is 4.97. The van der Waals surface area contributed by atoms with Gasteiger partial charge in [0.2, 0.25) is 5.91 Å². The fourth-order valence-electron chi connectivity index (χ4n) is 2.99. The third-order valence-corrected chi connectivity index (χ3v) is 4.32. The van der Waals surface area contributed by atoms with Gasteiger partial charge in [0.15, 0.2) is 0 Å². The molecule has 118 valence electrons. The molecule has 0 unspecified atom stereocenters. The lowest BCUT2D eigenvalue weighted by Gasteiger charge is -2.35. The molecular formula is C16H24ClFN2O. The highest BCUT2D eigenvalue weighted by atomic mass is 35.5. The predicted octanol–water partition coefficient (Wildman–Crippen LogP) is 3.16. The van der Waals surface area contributed by atoms with E-state index in [2.05, 4.69) is 5.32 Å². The second-order valence-electron chi connectivity index (χ2n) is 5.81. The van der Waals surface area contributed by atoms with Crippen LogP contribution in [0.5, 0.6) is 0 Å². The highest BCUT2D eigenvalue weighted by Gasteiger charge is 2.32.